The van der Waals surface area contributed by atoms with Gasteiger partial charge in [0, 0.05) is 24.7 Å². The fraction of sp³-hybridized carbons (Fsp3) is 0.444. The molecule has 8 heteroatoms. The molecule has 188 valence electrons. The van der Waals surface area contributed by atoms with Gasteiger partial charge in [0.15, 0.2) is 11.6 Å². The van der Waals surface area contributed by atoms with E-state index in [-0.39, 0.29) is 19.0 Å². The molecule has 1 aliphatic rings. The van der Waals surface area contributed by atoms with E-state index in [2.05, 4.69) is 11.8 Å². The van der Waals surface area contributed by atoms with E-state index in [0.717, 1.165) is 38.2 Å². The lowest BCUT2D eigenvalue weighted by Gasteiger charge is -2.26. The van der Waals surface area contributed by atoms with Crippen molar-refractivity contribution in [3.8, 4) is 5.75 Å². The van der Waals surface area contributed by atoms with Gasteiger partial charge in [0.25, 0.3) is 5.91 Å². The summed E-state index contributed by atoms with van der Waals surface area (Å²) in [6, 6.07) is 10.8. The fourth-order valence-corrected chi connectivity index (χ4v) is 4.84. The van der Waals surface area contributed by atoms with Crippen molar-refractivity contribution in [2.75, 3.05) is 24.6 Å². The van der Waals surface area contributed by atoms with Gasteiger partial charge in [-0.3, -0.25) is 4.79 Å². The number of amides is 1. The summed E-state index contributed by atoms with van der Waals surface area (Å²) in [6.45, 7) is 5.22. The first kappa shape index (κ1) is 25.5. The van der Waals surface area contributed by atoms with Crippen LogP contribution in [0.15, 0.2) is 51.5 Å². The zero-order valence-corrected chi connectivity index (χ0v) is 21.6. The molecule has 0 saturated carbocycles. The van der Waals surface area contributed by atoms with Crippen LogP contribution < -0.4 is 9.64 Å². The van der Waals surface area contributed by atoms with Gasteiger partial charge in [-0.25, -0.2) is 0 Å². The minimum absolute atomic E-state index is 0.223. The van der Waals surface area contributed by atoms with Crippen molar-refractivity contribution in [2.24, 2.45) is 0 Å². The standard InChI is InChI=1S/C27H32Cl2N2O4/c1-2-3-7-14-34-26-23(28)16-20(17-24(26)29)27(32)31(18-21-9-8-15-33-21)19-22-10-11-25(35-22)30-12-5-4-6-13-30/h8-11,15-17H,2-7,12-14,18-19H2,1H3. The third kappa shape index (κ3) is 6.77. The summed E-state index contributed by atoms with van der Waals surface area (Å²) < 4.78 is 17.4. The molecule has 3 heterocycles. The van der Waals surface area contributed by atoms with Gasteiger partial charge in [-0.05, 0) is 56.0 Å². The predicted molar refractivity (Wildman–Crippen MR) is 139 cm³/mol. The highest BCUT2D eigenvalue weighted by Gasteiger charge is 2.23. The summed E-state index contributed by atoms with van der Waals surface area (Å²) >= 11 is 12.9. The van der Waals surface area contributed by atoms with E-state index in [1.165, 1.54) is 19.3 Å². The minimum Gasteiger partial charge on any atom is -0.490 e. The first-order chi connectivity index (χ1) is 17.0. The first-order valence-electron chi connectivity index (χ1n) is 12.3. The van der Waals surface area contributed by atoms with Crippen molar-refractivity contribution < 1.29 is 18.4 Å². The van der Waals surface area contributed by atoms with Crippen molar-refractivity contribution in [2.45, 2.75) is 58.5 Å². The molecule has 1 fully saturated rings. The third-order valence-corrected chi connectivity index (χ3v) is 6.68. The van der Waals surface area contributed by atoms with Crippen LogP contribution in [0.5, 0.6) is 5.75 Å². The normalized spacial score (nSPS) is 13.7. The molecule has 0 unspecified atom stereocenters. The third-order valence-electron chi connectivity index (χ3n) is 6.12. The molecule has 0 spiro atoms. The molecule has 6 nitrogen and oxygen atoms in total. The van der Waals surface area contributed by atoms with Gasteiger partial charge < -0.3 is 23.4 Å². The summed E-state index contributed by atoms with van der Waals surface area (Å²) in [6.07, 6.45) is 8.26. The number of benzene rings is 1. The Morgan fingerprint density at radius 2 is 1.77 bits per heavy atom. The van der Waals surface area contributed by atoms with Gasteiger partial charge in [0.2, 0.25) is 0 Å². The second-order valence-electron chi connectivity index (χ2n) is 8.85. The largest absolute Gasteiger partial charge is 0.490 e. The maximum Gasteiger partial charge on any atom is 0.254 e. The molecule has 1 aliphatic heterocycles. The highest BCUT2D eigenvalue weighted by atomic mass is 35.5. The summed E-state index contributed by atoms with van der Waals surface area (Å²) in [4.78, 5) is 17.5. The Bertz CT molecular complexity index is 1070. The highest BCUT2D eigenvalue weighted by molar-refractivity contribution is 6.37. The number of ether oxygens (including phenoxy) is 1. The number of nitrogens with zero attached hydrogens (tertiary/aromatic N) is 2. The summed E-state index contributed by atoms with van der Waals surface area (Å²) in [5.74, 6) is 2.42. The number of hydrogen-bond acceptors (Lipinski definition) is 5. The number of anilines is 1. The smallest absolute Gasteiger partial charge is 0.254 e. The molecule has 35 heavy (non-hydrogen) atoms. The molecule has 2 aromatic heterocycles. The Morgan fingerprint density at radius 1 is 1.03 bits per heavy atom. The molecule has 4 rings (SSSR count). The second-order valence-corrected chi connectivity index (χ2v) is 9.67. The van der Waals surface area contributed by atoms with Gasteiger partial charge in [0.1, 0.15) is 11.5 Å². The lowest BCUT2D eigenvalue weighted by Crippen LogP contribution is -2.30. The Balaban J connectivity index is 1.51. The molecule has 0 bridgehead atoms. The number of furan rings is 2. The van der Waals surface area contributed by atoms with E-state index >= 15 is 0 Å². The Kier molecular flexibility index (Phi) is 9.05. The maximum absolute atomic E-state index is 13.6. The molecule has 1 saturated heterocycles. The van der Waals surface area contributed by atoms with Crippen LogP contribution in [0.3, 0.4) is 0 Å². The fourth-order valence-electron chi connectivity index (χ4n) is 4.24. The highest BCUT2D eigenvalue weighted by Crippen LogP contribution is 2.35. The van der Waals surface area contributed by atoms with Crippen LogP contribution in [0, 0.1) is 0 Å². The van der Waals surface area contributed by atoms with Crippen LogP contribution in [0.2, 0.25) is 10.0 Å². The van der Waals surface area contributed by atoms with Gasteiger partial charge in [-0.2, -0.15) is 0 Å². The van der Waals surface area contributed by atoms with Gasteiger partial charge in [-0.15, -0.1) is 0 Å². The number of carbonyl (C=O) groups excluding carboxylic acids is 1. The van der Waals surface area contributed by atoms with Crippen molar-refractivity contribution >= 4 is 35.0 Å². The van der Waals surface area contributed by atoms with Crippen molar-refractivity contribution in [1.82, 2.24) is 4.90 Å². The van der Waals surface area contributed by atoms with Crippen LogP contribution in [0.4, 0.5) is 5.88 Å². The Hall–Kier alpha value is -2.57. The molecule has 0 aliphatic carbocycles. The average molecular weight is 519 g/mol. The Labute approximate surface area is 216 Å². The van der Waals surface area contributed by atoms with E-state index in [1.807, 2.05) is 18.2 Å². The van der Waals surface area contributed by atoms with E-state index in [4.69, 9.17) is 36.8 Å². The summed E-state index contributed by atoms with van der Waals surface area (Å²) in [5, 5.41) is 0.640. The molecular formula is C27H32Cl2N2O4. The van der Waals surface area contributed by atoms with Crippen LogP contribution in [0.1, 0.15) is 67.3 Å². The topological polar surface area (TPSA) is 59.1 Å². The second kappa shape index (κ2) is 12.4. The lowest BCUT2D eigenvalue weighted by atomic mass is 10.1. The van der Waals surface area contributed by atoms with E-state index in [9.17, 15) is 4.79 Å². The van der Waals surface area contributed by atoms with Gasteiger partial charge >= 0.3 is 0 Å². The first-order valence-corrected chi connectivity index (χ1v) is 13.1. The molecule has 0 atom stereocenters. The number of carbonyl (C=O) groups is 1. The molecule has 1 aromatic carbocycles. The molecule has 0 N–H and O–H groups in total. The molecule has 1 amide bonds. The van der Waals surface area contributed by atoms with Crippen molar-refractivity contribution in [3.05, 3.63) is 69.8 Å². The summed E-state index contributed by atoms with van der Waals surface area (Å²) in [7, 11) is 0. The van der Waals surface area contributed by atoms with Crippen LogP contribution in [0.25, 0.3) is 0 Å². The Morgan fingerprint density at radius 3 is 2.46 bits per heavy atom. The van der Waals surface area contributed by atoms with E-state index < -0.39 is 0 Å². The molecule has 3 aromatic rings. The lowest BCUT2D eigenvalue weighted by molar-refractivity contribution is 0.0705. The van der Waals surface area contributed by atoms with Crippen LogP contribution in [-0.4, -0.2) is 30.5 Å². The molecule has 0 radical (unpaired) electrons. The number of piperidine rings is 1. The number of unbranched alkanes of at least 4 members (excludes halogenated alkanes) is 2. The number of rotatable bonds is 11. The van der Waals surface area contributed by atoms with Crippen LogP contribution >= 0.6 is 23.2 Å². The average Bonchev–Trinajstić information content (AvgIpc) is 3.55. The maximum atomic E-state index is 13.6. The summed E-state index contributed by atoms with van der Waals surface area (Å²) in [5.41, 5.74) is 0.385. The quantitative estimate of drug-likeness (QED) is 0.245. The number of halogens is 2. The zero-order chi connectivity index (χ0) is 24.6. The molecular weight excluding hydrogens is 487 g/mol. The van der Waals surface area contributed by atoms with Gasteiger partial charge in [-0.1, -0.05) is 43.0 Å². The number of hydrogen-bond donors (Lipinski definition) is 0. The van der Waals surface area contributed by atoms with E-state index in [1.54, 1.807) is 29.4 Å². The monoisotopic (exact) mass is 518 g/mol. The SMILES string of the molecule is CCCCCOc1c(Cl)cc(C(=O)N(Cc2ccco2)Cc2ccc(N3CCCCC3)o2)cc1Cl. The van der Waals surface area contributed by atoms with Crippen LogP contribution in [-0.2, 0) is 13.1 Å². The van der Waals surface area contributed by atoms with Gasteiger partial charge in [0.05, 0.1) is 36.0 Å². The van der Waals surface area contributed by atoms with E-state index in [0.29, 0.717) is 39.5 Å². The predicted octanol–water partition coefficient (Wildman–Crippen LogP) is 7.58. The zero-order valence-electron chi connectivity index (χ0n) is 20.1. The minimum atomic E-state index is -0.223. The van der Waals surface area contributed by atoms with Crippen molar-refractivity contribution in [1.29, 1.82) is 0 Å². The van der Waals surface area contributed by atoms with Crippen molar-refractivity contribution in [3.63, 3.8) is 0 Å².